The zero-order chi connectivity index (χ0) is 12.7. The van der Waals surface area contributed by atoms with Gasteiger partial charge in [0.05, 0.1) is 6.20 Å². The standard InChI is InChI=1S/C11H12N6S/c1-16-9(5-10(18)15-16)13-8-4-3-7-6-12-17(2)11(7)14-8/h3-6H,1-2H3,(H,13,14)(H,15,18). The second-order valence-corrected chi connectivity index (χ2v) is 4.51. The fraction of sp³-hybridized carbons (Fsp3) is 0.182. The van der Waals surface area contributed by atoms with Crippen LogP contribution in [0.4, 0.5) is 11.6 Å². The third-order valence-electron chi connectivity index (χ3n) is 2.75. The number of hydrogen-bond donors (Lipinski definition) is 2. The largest absolute Gasteiger partial charge is 0.325 e. The second-order valence-electron chi connectivity index (χ2n) is 4.07. The molecule has 0 aliphatic rings. The monoisotopic (exact) mass is 260 g/mol. The van der Waals surface area contributed by atoms with Crippen molar-refractivity contribution in [2.75, 3.05) is 5.32 Å². The van der Waals surface area contributed by atoms with E-state index in [-0.39, 0.29) is 0 Å². The molecule has 0 aliphatic carbocycles. The van der Waals surface area contributed by atoms with Gasteiger partial charge in [0, 0.05) is 25.5 Å². The van der Waals surface area contributed by atoms with E-state index in [1.54, 1.807) is 10.9 Å². The van der Waals surface area contributed by atoms with E-state index >= 15 is 0 Å². The number of anilines is 2. The summed E-state index contributed by atoms with van der Waals surface area (Å²) in [4.78, 5) is 4.51. The SMILES string of the molecule is Cn1[nH]c(=S)cc1Nc1ccc2cnn(C)c2n1. The lowest BCUT2D eigenvalue weighted by molar-refractivity contribution is 0.771. The van der Waals surface area contributed by atoms with E-state index in [2.05, 4.69) is 20.5 Å². The molecule has 6 nitrogen and oxygen atoms in total. The van der Waals surface area contributed by atoms with E-state index in [0.717, 1.165) is 22.7 Å². The lowest BCUT2D eigenvalue weighted by Gasteiger charge is -2.06. The van der Waals surface area contributed by atoms with E-state index in [1.165, 1.54) is 0 Å². The lowest BCUT2D eigenvalue weighted by atomic mass is 10.3. The van der Waals surface area contributed by atoms with Crippen LogP contribution in [0.15, 0.2) is 24.4 Å². The minimum absolute atomic E-state index is 0.682. The van der Waals surface area contributed by atoms with Gasteiger partial charge in [0.15, 0.2) is 5.65 Å². The van der Waals surface area contributed by atoms with Crippen LogP contribution in [0, 0.1) is 4.64 Å². The van der Waals surface area contributed by atoms with Crippen LogP contribution in [0.5, 0.6) is 0 Å². The van der Waals surface area contributed by atoms with Gasteiger partial charge in [-0.2, -0.15) is 5.10 Å². The molecular formula is C11H12N6S. The fourth-order valence-corrected chi connectivity index (χ4v) is 2.07. The molecule has 0 amide bonds. The summed E-state index contributed by atoms with van der Waals surface area (Å²) in [7, 11) is 3.76. The molecule has 3 aromatic heterocycles. The van der Waals surface area contributed by atoms with E-state index in [4.69, 9.17) is 12.2 Å². The highest BCUT2D eigenvalue weighted by atomic mass is 32.1. The van der Waals surface area contributed by atoms with Crippen molar-refractivity contribution in [3.8, 4) is 0 Å². The normalized spacial score (nSPS) is 11.0. The highest BCUT2D eigenvalue weighted by molar-refractivity contribution is 7.71. The number of aromatic nitrogens is 5. The van der Waals surface area contributed by atoms with Gasteiger partial charge in [-0.1, -0.05) is 12.2 Å². The number of aromatic amines is 1. The molecule has 0 saturated carbocycles. The summed E-state index contributed by atoms with van der Waals surface area (Å²) < 4.78 is 4.25. The van der Waals surface area contributed by atoms with E-state index < -0.39 is 0 Å². The van der Waals surface area contributed by atoms with Gasteiger partial charge in [-0.3, -0.25) is 14.5 Å². The summed E-state index contributed by atoms with van der Waals surface area (Å²) >= 11 is 5.07. The number of nitrogens with one attached hydrogen (secondary N) is 2. The average Bonchev–Trinajstić information content (AvgIpc) is 2.84. The van der Waals surface area contributed by atoms with Crippen LogP contribution < -0.4 is 5.32 Å². The summed E-state index contributed by atoms with van der Waals surface area (Å²) in [5, 5.41) is 11.4. The van der Waals surface area contributed by atoms with Crippen LogP contribution in [0.2, 0.25) is 0 Å². The number of fused-ring (bicyclic) bond motifs is 1. The summed E-state index contributed by atoms with van der Waals surface area (Å²) in [6.07, 6.45) is 1.80. The predicted molar refractivity (Wildman–Crippen MR) is 72.4 cm³/mol. The molecule has 3 heterocycles. The van der Waals surface area contributed by atoms with Gasteiger partial charge in [0.25, 0.3) is 0 Å². The van der Waals surface area contributed by atoms with Crippen molar-refractivity contribution in [1.29, 1.82) is 0 Å². The first-order valence-corrected chi connectivity index (χ1v) is 5.86. The van der Waals surface area contributed by atoms with E-state index in [1.807, 2.05) is 37.0 Å². The Morgan fingerprint density at radius 1 is 1.33 bits per heavy atom. The van der Waals surface area contributed by atoms with Crippen LogP contribution in [0.1, 0.15) is 0 Å². The number of rotatable bonds is 2. The van der Waals surface area contributed by atoms with Crippen molar-refractivity contribution in [1.82, 2.24) is 24.5 Å². The molecule has 0 aliphatic heterocycles. The van der Waals surface area contributed by atoms with Crippen molar-refractivity contribution >= 4 is 34.9 Å². The molecule has 3 rings (SSSR count). The zero-order valence-electron chi connectivity index (χ0n) is 10.0. The number of nitrogens with zero attached hydrogens (tertiary/aromatic N) is 4. The molecule has 3 aromatic rings. The molecule has 0 saturated heterocycles. The van der Waals surface area contributed by atoms with Crippen LogP contribution in [0.25, 0.3) is 11.0 Å². The maximum atomic E-state index is 5.07. The molecule has 92 valence electrons. The number of aryl methyl sites for hydroxylation is 2. The Balaban J connectivity index is 2.02. The fourth-order valence-electron chi connectivity index (χ4n) is 1.82. The van der Waals surface area contributed by atoms with E-state index in [0.29, 0.717) is 4.64 Å². The van der Waals surface area contributed by atoms with Crippen molar-refractivity contribution < 1.29 is 0 Å². The molecule has 18 heavy (non-hydrogen) atoms. The highest BCUT2D eigenvalue weighted by Gasteiger charge is 2.04. The quantitative estimate of drug-likeness (QED) is 0.693. The van der Waals surface area contributed by atoms with Crippen LogP contribution in [-0.4, -0.2) is 24.5 Å². The number of pyridine rings is 1. The van der Waals surface area contributed by atoms with Gasteiger partial charge in [-0.25, -0.2) is 4.98 Å². The van der Waals surface area contributed by atoms with Crippen molar-refractivity contribution in [3.05, 3.63) is 29.0 Å². The Kier molecular flexibility index (Phi) is 2.41. The zero-order valence-corrected chi connectivity index (χ0v) is 10.8. The Morgan fingerprint density at radius 3 is 2.89 bits per heavy atom. The molecule has 7 heteroatoms. The molecule has 0 atom stereocenters. The molecule has 0 aromatic carbocycles. The van der Waals surface area contributed by atoms with Crippen LogP contribution in [-0.2, 0) is 14.1 Å². The molecular weight excluding hydrogens is 248 g/mol. The van der Waals surface area contributed by atoms with E-state index in [9.17, 15) is 0 Å². The van der Waals surface area contributed by atoms with Gasteiger partial charge in [0.2, 0.25) is 0 Å². The summed E-state index contributed by atoms with van der Waals surface area (Å²) in [6, 6.07) is 5.75. The third-order valence-corrected chi connectivity index (χ3v) is 2.95. The molecule has 0 radical (unpaired) electrons. The predicted octanol–water partition coefficient (Wildman–Crippen LogP) is 2.11. The minimum atomic E-state index is 0.682. The first-order valence-electron chi connectivity index (χ1n) is 5.45. The molecule has 0 unspecified atom stereocenters. The minimum Gasteiger partial charge on any atom is -0.325 e. The van der Waals surface area contributed by atoms with Gasteiger partial charge in [0.1, 0.15) is 16.3 Å². The van der Waals surface area contributed by atoms with Gasteiger partial charge in [-0.15, -0.1) is 0 Å². The van der Waals surface area contributed by atoms with Crippen molar-refractivity contribution in [2.45, 2.75) is 0 Å². The van der Waals surface area contributed by atoms with Gasteiger partial charge < -0.3 is 5.32 Å². The Hall–Kier alpha value is -2.15. The smallest absolute Gasteiger partial charge is 0.159 e. The number of hydrogen-bond acceptors (Lipinski definition) is 4. The average molecular weight is 260 g/mol. The first kappa shape index (κ1) is 11.0. The maximum absolute atomic E-state index is 5.07. The van der Waals surface area contributed by atoms with Gasteiger partial charge in [-0.05, 0) is 12.1 Å². The highest BCUT2D eigenvalue weighted by Crippen LogP contribution is 2.17. The third kappa shape index (κ3) is 1.78. The van der Waals surface area contributed by atoms with Gasteiger partial charge >= 0.3 is 0 Å². The topological polar surface area (TPSA) is 63.5 Å². The molecule has 0 bridgehead atoms. The molecule has 0 spiro atoms. The Bertz CT molecular complexity index is 765. The Morgan fingerprint density at radius 2 is 2.17 bits per heavy atom. The maximum Gasteiger partial charge on any atom is 0.159 e. The first-order chi connectivity index (χ1) is 8.63. The summed E-state index contributed by atoms with van der Waals surface area (Å²) in [5.41, 5.74) is 0.844. The Labute approximate surface area is 108 Å². The van der Waals surface area contributed by atoms with Crippen LogP contribution >= 0.6 is 12.2 Å². The summed E-state index contributed by atoms with van der Waals surface area (Å²) in [6.45, 7) is 0. The van der Waals surface area contributed by atoms with Crippen molar-refractivity contribution in [2.24, 2.45) is 14.1 Å². The number of H-pyrrole nitrogens is 1. The molecule has 0 fully saturated rings. The molecule has 2 N–H and O–H groups in total. The lowest BCUT2D eigenvalue weighted by Crippen LogP contribution is -2.01. The second kappa shape index (κ2) is 3.95. The van der Waals surface area contributed by atoms with Crippen LogP contribution in [0.3, 0.4) is 0 Å². The van der Waals surface area contributed by atoms with Crippen molar-refractivity contribution in [3.63, 3.8) is 0 Å². The summed E-state index contributed by atoms with van der Waals surface area (Å²) in [5.74, 6) is 1.63.